The van der Waals surface area contributed by atoms with Crippen molar-refractivity contribution in [3.63, 3.8) is 0 Å². The lowest BCUT2D eigenvalue weighted by Crippen LogP contribution is -2.54. The molecule has 4 saturated heterocycles. The van der Waals surface area contributed by atoms with Gasteiger partial charge >= 0.3 is 11.9 Å². The molecular formula is C66H75ClF2N12O20. The summed E-state index contributed by atoms with van der Waals surface area (Å²) in [7, 11) is 0. The third-order valence-corrected chi connectivity index (χ3v) is 15.5. The number of carbonyl (C=O) groups is 16. The number of fused-ring (bicyclic) bond motifs is 4. The molecule has 0 aliphatic carbocycles. The number of anilines is 2. The molecule has 12 N–H and O–H groups in total. The van der Waals surface area contributed by atoms with Crippen LogP contribution in [0.2, 0.25) is 0 Å². The zero-order valence-electron chi connectivity index (χ0n) is 54.8. The number of halogens is 3. The van der Waals surface area contributed by atoms with Crippen molar-refractivity contribution < 1.29 is 104 Å². The number of amides is 14. The Labute approximate surface area is 581 Å². The van der Waals surface area contributed by atoms with E-state index in [0.29, 0.717) is 83.4 Å². The van der Waals surface area contributed by atoms with Crippen molar-refractivity contribution >= 4 is 118 Å². The maximum Gasteiger partial charge on any atom is 0.347 e. The largest absolute Gasteiger partial charge is 0.386 e. The van der Waals surface area contributed by atoms with Gasteiger partial charge in [0.1, 0.15) is 29.8 Å². The topological polar surface area (TPSA) is 470 Å². The number of cyclic esters (lactones) is 2. The molecule has 0 spiro atoms. The number of ether oxygens (including phenoxy) is 4. The number of hydrogen-bond donors (Lipinski definition) is 9. The Morgan fingerprint density at radius 3 is 1.10 bits per heavy atom. The van der Waals surface area contributed by atoms with Crippen LogP contribution in [0.1, 0.15) is 161 Å². The van der Waals surface area contributed by atoms with Crippen LogP contribution in [0.5, 0.6) is 0 Å². The molecule has 12 rings (SSSR count). The van der Waals surface area contributed by atoms with Crippen LogP contribution >= 0.6 is 12.4 Å². The van der Waals surface area contributed by atoms with Crippen molar-refractivity contribution in [2.75, 3.05) is 76.5 Å². The predicted molar refractivity (Wildman–Crippen MR) is 351 cm³/mol. The Balaban J connectivity index is 0.000000201. The quantitative estimate of drug-likeness (QED) is 0.0276. The van der Waals surface area contributed by atoms with Gasteiger partial charge in [0.2, 0.25) is 47.3 Å². The van der Waals surface area contributed by atoms with Crippen molar-refractivity contribution in [3.05, 3.63) is 129 Å². The number of carbonyl (C=O) groups excluding carboxylic acids is 16. The number of rotatable bonds is 19. The second-order valence-corrected chi connectivity index (χ2v) is 22.7. The molecule has 4 aromatic rings. The highest BCUT2D eigenvalue weighted by atomic mass is 35.5. The highest BCUT2D eigenvalue weighted by molar-refractivity contribution is 6.26. The van der Waals surface area contributed by atoms with Crippen molar-refractivity contribution in [1.82, 2.24) is 36.0 Å². The van der Waals surface area contributed by atoms with Crippen LogP contribution in [0, 0.1) is 11.6 Å². The van der Waals surface area contributed by atoms with E-state index in [9.17, 15) is 85.5 Å². The molecule has 0 bridgehead atoms. The number of benzene rings is 4. The maximum absolute atomic E-state index is 13.2. The lowest BCUT2D eigenvalue weighted by atomic mass is 10.0. The van der Waals surface area contributed by atoms with Crippen LogP contribution < -0.4 is 49.1 Å². The van der Waals surface area contributed by atoms with E-state index < -0.39 is 113 Å². The van der Waals surface area contributed by atoms with Crippen LogP contribution in [-0.2, 0) is 57.3 Å². The Morgan fingerprint density at radius 2 is 0.733 bits per heavy atom. The number of nitrogens with zero attached hydrogens (tertiary/aromatic N) is 3. The van der Waals surface area contributed by atoms with E-state index in [1.54, 1.807) is 36.4 Å². The molecule has 8 heterocycles. The van der Waals surface area contributed by atoms with E-state index in [-0.39, 0.29) is 113 Å². The number of imide groups is 7. The minimum absolute atomic E-state index is 0. The van der Waals surface area contributed by atoms with Gasteiger partial charge in [-0.05, 0) is 111 Å². The van der Waals surface area contributed by atoms with Crippen LogP contribution in [0.15, 0.2) is 72.8 Å². The fourth-order valence-electron chi connectivity index (χ4n) is 10.7. The third-order valence-electron chi connectivity index (χ3n) is 15.5. The predicted octanol–water partition coefficient (Wildman–Crippen LogP) is 1.31. The lowest BCUT2D eigenvalue weighted by Gasteiger charge is -2.27. The Hall–Kier alpha value is -10.5. The zero-order chi connectivity index (χ0) is 72.9. The number of nitrogens with one attached hydrogen (secondary N) is 6. The molecule has 35 heteroatoms. The van der Waals surface area contributed by atoms with Crippen molar-refractivity contribution in [2.24, 2.45) is 17.2 Å². The van der Waals surface area contributed by atoms with E-state index in [1.807, 2.05) is 6.92 Å². The van der Waals surface area contributed by atoms with Gasteiger partial charge in [0.25, 0.3) is 35.4 Å². The second kappa shape index (κ2) is 37.6. The van der Waals surface area contributed by atoms with Gasteiger partial charge in [0.05, 0.1) is 77.0 Å². The highest BCUT2D eigenvalue weighted by Crippen LogP contribution is 2.32. The normalized spacial score (nSPS) is 19.3. The summed E-state index contributed by atoms with van der Waals surface area (Å²) in [6, 6.07) is 13.0. The third kappa shape index (κ3) is 20.4. The Kier molecular flexibility index (Phi) is 29.6. The van der Waals surface area contributed by atoms with E-state index in [2.05, 4.69) is 43.6 Å². The SMILES string of the molecule is CCCOCCN.CCCOCCNc1ccc2c(c1)C(=O)N(C1CCC(=O)NC1=O)C2=O.Cl.NC1CCC(=O)NC1=O.NCCOCCNc1ccc2c(c1)C(=O)N(C1CCC(=O)NC1=O)C2=O.O=C1CCC(N2C(=O)c3ccc(F)cc3C2=O)C(=O)N1.O=C1OC(=O)c2cc(F)ccc21. The average molecular weight is 1430 g/mol. The molecule has 0 saturated carbocycles. The molecule has 4 aromatic carbocycles. The molecule has 540 valence electrons. The second-order valence-electron chi connectivity index (χ2n) is 22.7. The van der Waals surface area contributed by atoms with Gasteiger partial charge in [-0.25, -0.2) is 18.4 Å². The summed E-state index contributed by atoms with van der Waals surface area (Å²) in [5.74, 6) is -9.79. The molecule has 0 aromatic heterocycles. The monoisotopic (exact) mass is 1430 g/mol. The molecule has 8 aliphatic rings. The number of piperidine rings is 4. The first-order chi connectivity index (χ1) is 47.8. The lowest BCUT2D eigenvalue weighted by molar-refractivity contribution is -0.137. The van der Waals surface area contributed by atoms with E-state index in [4.69, 9.17) is 31.4 Å². The van der Waals surface area contributed by atoms with Crippen molar-refractivity contribution in [3.8, 4) is 0 Å². The Bertz CT molecular complexity index is 3780. The molecule has 14 amide bonds. The van der Waals surface area contributed by atoms with Crippen LogP contribution in [-0.4, -0.2) is 199 Å². The van der Waals surface area contributed by atoms with Gasteiger partial charge < -0.3 is 46.8 Å². The standard InChI is InChI=1S/C18H21N3O5.C17H20N4O5.C13H9FN2O4.C8H3FO3.C5H8N2O2.C5H13NO.ClH/c1-2-8-26-9-7-19-11-3-4-12-13(10-11)18(25)21(17(12)24)14-5-6-15(22)20-16(14)23;18-5-7-26-8-6-19-10-1-2-11-12(9-10)17(25)21(16(11)24)13-3-4-14(22)20-15(13)23;14-6-1-2-7-8(5-6)13(20)16(12(7)19)9-3-4-10(17)15-11(9)18;9-4-1-2-5-6(3-4)8(11)12-7(5)10;6-3-1-2-4(8)7-5(3)9;1-2-4-7-5-3-6;/h3-4,10,14,19H,2,5-9H2,1H3,(H,20,22,23);1-2,9,13,19H,3-8,18H2,(H,20,22,23);1-2,5,9H,3-4H2,(H,15,17,18);1-3H;3H,1-2,6H2,(H,7,8,9);2-6H2,1H3;1H. The van der Waals surface area contributed by atoms with Gasteiger partial charge in [-0.1, -0.05) is 13.8 Å². The highest BCUT2D eigenvalue weighted by Gasteiger charge is 2.48. The van der Waals surface area contributed by atoms with Gasteiger partial charge in [0, 0.05) is 76.5 Å². The molecule has 32 nitrogen and oxygen atoms in total. The minimum Gasteiger partial charge on any atom is -0.386 e. The zero-order valence-corrected chi connectivity index (χ0v) is 55.6. The first-order valence-corrected chi connectivity index (χ1v) is 31.8. The smallest absolute Gasteiger partial charge is 0.347 e. The summed E-state index contributed by atoms with van der Waals surface area (Å²) < 4.78 is 45.6. The summed E-state index contributed by atoms with van der Waals surface area (Å²) in [5.41, 5.74) is 18.3. The van der Waals surface area contributed by atoms with Gasteiger partial charge in [-0.15, -0.1) is 12.4 Å². The fraction of sp³-hybridized carbons (Fsp3) is 0.394. The van der Waals surface area contributed by atoms with Crippen LogP contribution in [0.25, 0.3) is 0 Å². The van der Waals surface area contributed by atoms with Crippen LogP contribution in [0.3, 0.4) is 0 Å². The molecule has 4 fully saturated rings. The summed E-state index contributed by atoms with van der Waals surface area (Å²) in [6.07, 6.45) is 3.50. The first-order valence-electron chi connectivity index (χ1n) is 31.8. The van der Waals surface area contributed by atoms with Crippen molar-refractivity contribution in [2.45, 2.75) is 102 Å². The first kappa shape index (κ1) is 79.5. The summed E-state index contributed by atoms with van der Waals surface area (Å²) >= 11 is 0. The molecular weight excluding hydrogens is 1350 g/mol. The van der Waals surface area contributed by atoms with Crippen LogP contribution in [0.4, 0.5) is 20.2 Å². The molecule has 4 atom stereocenters. The van der Waals surface area contributed by atoms with Gasteiger partial charge in [-0.3, -0.25) is 103 Å². The fourth-order valence-corrected chi connectivity index (χ4v) is 10.7. The number of nitrogens with two attached hydrogens (primary N) is 3. The summed E-state index contributed by atoms with van der Waals surface area (Å²) in [6.45, 7) is 10.0. The molecule has 4 unspecified atom stereocenters. The van der Waals surface area contributed by atoms with E-state index in [1.165, 1.54) is 12.1 Å². The Morgan fingerprint density at radius 1 is 0.416 bits per heavy atom. The van der Waals surface area contributed by atoms with E-state index >= 15 is 0 Å². The number of esters is 2. The maximum atomic E-state index is 13.2. The average Bonchev–Trinajstić information content (AvgIpc) is 1.63. The van der Waals surface area contributed by atoms with Crippen molar-refractivity contribution in [1.29, 1.82) is 0 Å². The molecule has 0 radical (unpaired) electrons. The minimum atomic E-state index is -1.02. The molecule has 8 aliphatic heterocycles. The summed E-state index contributed by atoms with van der Waals surface area (Å²) in [4.78, 5) is 190. The van der Waals surface area contributed by atoms with Gasteiger partial charge in [0.15, 0.2) is 0 Å². The summed E-state index contributed by atoms with van der Waals surface area (Å²) in [5, 5.41) is 14.8. The van der Waals surface area contributed by atoms with Gasteiger partial charge in [-0.2, -0.15) is 0 Å². The van der Waals surface area contributed by atoms with E-state index in [0.717, 1.165) is 58.4 Å². The number of hydrogen-bond acceptors (Lipinski definition) is 25. The molecule has 101 heavy (non-hydrogen) atoms.